The van der Waals surface area contributed by atoms with Crippen molar-refractivity contribution in [2.75, 3.05) is 6.61 Å². The molecule has 0 bridgehead atoms. The Balaban J connectivity index is 2.67. The normalized spacial score (nSPS) is 10.4. The molecule has 72 valence electrons. The van der Waals surface area contributed by atoms with Crippen molar-refractivity contribution >= 4 is 10.9 Å². The van der Waals surface area contributed by atoms with Crippen LogP contribution >= 0.6 is 0 Å². The molecule has 14 heavy (non-hydrogen) atoms. The van der Waals surface area contributed by atoms with Crippen molar-refractivity contribution in [3.8, 4) is 5.75 Å². The topological polar surface area (TPSA) is 22.1 Å². The predicted molar refractivity (Wildman–Crippen MR) is 57.6 cm³/mol. The van der Waals surface area contributed by atoms with E-state index in [2.05, 4.69) is 24.0 Å². The smallest absolute Gasteiger partial charge is 0.145 e. The molecule has 1 aromatic carbocycles. The lowest BCUT2D eigenvalue weighted by Gasteiger charge is -2.07. The van der Waals surface area contributed by atoms with E-state index < -0.39 is 0 Å². The van der Waals surface area contributed by atoms with Gasteiger partial charge >= 0.3 is 0 Å². The van der Waals surface area contributed by atoms with Crippen LogP contribution < -0.4 is 4.74 Å². The maximum absolute atomic E-state index is 5.54. The molecule has 0 unspecified atom stereocenters. The Morgan fingerprint density at radius 2 is 2.21 bits per heavy atom. The van der Waals surface area contributed by atoms with Crippen LogP contribution in [0.1, 0.15) is 12.5 Å². The Kier molecular flexibility index (Phi) is 2.35. The van der Waals surface area contributed by atoms with Crippen LogP contribution in [0.3, 0.4) is 0 Å². The molecule has 0 radical (unpaired) electrons. The van der Waals surface area contributed by atoms with E-state index >= 15 is 0 Å². The minimum Gasteiger partial charge on any atom is -0.492 e. The number of nitrogens with zero attached hydrogens (tertiary/aromatic N) is 1. The van der Waals surface area contributed by atoms with Crippen LogP contribution in [0.25, 0.3) is 10.9 Å². The van der Waals surface area contributed by atoms with E-state index in [9.17, 15) is 0 Å². The molecule has 0 saturated carbocycles. The lowest BCUT2D eigenvalue weighted by Crippen LogP contribution is -1.94. The molecule has 2 nitrogen and oxygen atoms in total. The van der Waals surface area contributed by atoms with Crippen LogP contribution in [0.2, 0.25) is 0 Å². The second kappa shape index (κ2) is 3.66. The van der Waals surface area contributed by atoms with Crippen LogP contribution in [-0.2, 0) is 0 Å². The van der Waals surface area contributed by atoms with Crippen LogP contribution in [0.15, 0.2) is 30.5 Å². The van der Waals surface area contributed by atoms with E-state index in [-0.39, 0.29) is 0 Å². The second-order valence-electron chi connectivity index (χ2n) is 3.27. The van der Waals surface area contributed by atoms with E-state index in [0.29, 0.717) is 6.61 Å². The van der Waals surface area contributed by atoms with Gasteiger partial charge in [0.25, 0.3) is 0 Å². The molecule has 0 spiro atoms. The number of ether oxygens (including phenoxy) is 1. The first kappa shape index (κ1) is 9.00. The van der Waals surface area contributed by atoms with Crippen molar-refractivity contribution < 1.29 is 4.74 Å². The average Bonchev–Trinajstić information content (AvgIpc) is 2.18. The van der Waals surface area contributed by atoms with Gasteiger partial charge in [-0.15, -0.1) is 0 Å². The van der Waals surface area contributed by atoms with Crippen molar-refractivity contribution in [3.05, 3.63) is 36.0 Å². The summed E-state index contributed by atoms with van der Waals surface area (Å²) in [5.41, 5.74) is 2.15. The van der Waals surface area contributed by atoms with Gasteiger partial charge in [-0.25, -0.2) is 0 Å². The zero-order chi connectivity index (χ0) is 9.97. The minimum absolute atomic E-state index is 0.676. The second-order valence-corrected chi connectivity index (χ2v) is 3.27. The van der Waals surface area contributed by atoms with Gasteiger partial charge < -0.3 is 4.74 Å². The fraction of sp³-hybridized carbons (Fsp3) is 0.250. The molecule has 0 aliphatic carbocycles. The molecule has 1 heterocycles. The summed E-state index contributed by atoms with van der Waals surface area (Å²) in [6.45, 7) is 4.72. The highest BCUT2D eigenvalue weighted by Crippen LogP contribution is 2.25. The molecule has 0 aliphatic heterocycles. The van der Waals surface area contributed by atoms with Crippen molar-refractivity contribution in [2.24, 2.45) is 0 Å². The Morgan fingerprint density at radius 3 is 3.00 bits per heavy atom. The zero-order valence-electron chi connectivity index (χ0n) is 8.45. The maximum atomic E-state index is 5.54. The molecule has 0 fully saturated rings. The van der Waals surface area contributed by atoms with Crippen molar-refractivity contribution in [1.82, 2.24) is 4.98 Å². The first-order valence-corrected chi connectivity index (χ1v) is 4.79. The predicted octanol–water partition coefficient (Wildman–Crippen LogP) is 2.94. The molecule has 0 N–H and O–H groups in total. The van der Waals surface area contributed by atoms with E-state index in [1.54, 1.807) is 6.20 Å². The van der Waals surface area contributed by atoms with Gasteiger partial charge in [0.2, 0.25) is 0 Å². The van der Waals surface area contributed by atoms with Crippen LogP contribution in [0, 0.1) is 6.92 Å². The van der Waals surface area contributed by atoms with Crippen LogP contribution in [0.4, 0.5) is 0 Å². The molecule has 2 rings (SSSR count). The summed E-state index contributed by atoms with van der Waals surface area (Å²) < 4.78 is 5.54. The Hall–Kier alpha value is -1.57. The van der Waals surface area contributed by atoms with Gasteiger partial charge in [0.1, 0.15) is 11.3 Å². The quantitative estimate of drug-likeness (QED) is 0.721. The molecule has 0 aliphatic rings. The number of fused-ring (bicyclic) bond motifs is 1. The minimum atomic E-state index is 0.676. The molecular formula is C12H13NO. The standard InChI is InChI=1S/C12H13NO/c1-3-14-11-8-9(2)7-10-5-4-6-13-12(10)11/h4-8H,3H2,1-2H3. The Bertz CT molecular complexity index is 451. The van der Waals surface area contributed by atoms with Gasteiger partial charge in [-0.1, -0.05) is 6.07 Å². The number of rotatable bonds is 2. The summed E-state index contributed by atoms with van der Waals surface area (Å²) >= 11 is 0. The Labute approximate surface area is 83.5 Å². The monoisotopic (exact) mass is 187 g/mol. The molecule has 0 amide bonds. The summed E-state index contributed by atoms with van der Waals surface area (Å²) in [4.78, 5) is 4.32. The molecular weight excluding hydrogens is 174 g/mol. The first-order valence-electron chi connectivity index (χ1n) is 4.79. The zero-order valence-corrected chi connectivity index (χ0v) is 8.45. The van der Waals surface area contributed by atoms with E-state index in [1.165, 1.54) is 5.56 Å². The van der Waals surface area contributed by atoms with Gasteiger partial charge in [-0.2, -0.15) is 0 Å². The molecule has 2 aromatic rings. The third-order valence-corrected chi connectivity index (χ3v) is 2.11. The average molecular weight is 187 g/mol. The van der Waals surface area contributed by atoms with Gasteiger partial charge in [0.05, 0.1) is 6.61 Å². The molecule has 1 aromatic heterocycles. The Morgan fingerprint density at radius 1 is 1.36 bits per heavy atom. The van der Waals surface area contributed by atoms with Gasteiger partial charge in [0.15, 0.2) is 0 Å². The van der Waals surface area contributed by atoms with Gasteiger partial charge in [0, 0.05) is 11.6 Å². The van der Waals surface area contributed by atoms with E-state index in [4.69, 9.17) is 4.74 Å². The molecule has 2 heteroatoms. The van der Waals surface area contributed by atoms with Crippen molar-refractivity contribution in [3.63, 3.8) is 0 Å². The highest BCUT2D eigenvalue weighted by molar-refractivity contribution is 5.85. The molecule has 0 atom stereocenters. The van der Waals surface area contributed by atoms with Crippen molar-refractivity contribution in [2.45, 2.75) is 13.8 Å². The van der Waals surface area contributed by atoms with Gasteiger partial charge in [-0.05, 0) is 37.6 Å². The van der Waals surface area contributed by atoms with E-state index in [1.807, 2.05) is 19.1 Å². The lowest BCUT2D eigenvalue weighted by atomic mass is 10.1. The highest BCUT2D eigenvalue weighted by atomic mass is 16.5. The largest absolute Gasteiger partial charge is 0.492 e. The SMILES string of the molecule is CCOc1cc(C)cc2cccnc12. The molecule has 0 saturated heterocycles. The fourth-order valence-electron chi connectivity index (χ4n) is 1.57. The first-order chi connectivity index (χ1) is 6.81. The number of hydrogen-bond donors (Lipinski definition) is 0. The summed E-state index contributed by atoms with van der Waals surface area (Å²) in [7, 11) is 0. The number of pyridine rings is 1. The number of aryl methyl sites for hydroxylation is 1. The number of aromatic nitrogens is 1. The third-order valence-electron chi connectivity index (χ3n) is 2.11. The summed E-state index contributed by atoms with van der Waals surface area (Å²) in [5, 5.41) is 1.14. The number of hydrogen-bond acceptors (Lipinski definition) is 2. The third kappa shape index (κ3) is 1.55. The summed E-state index contributed by atoms with van der Waals surface area (Å²) in [6.07, 6.45) is 1.79. The fourth-order valence-corrected chi connectivity index (χ4v) is 1.57. The van der Waals surface area contributed by atoms with E-state index in [0.717, 1.165) is 16.7 Å². The van der Waals surface area contributed by atoms with Crippen LogP contribution in [-0.4, -0.2) is 11.6 Å². The summed E-state index contributed by atoms with van der Waals surface area (Å²) in [5.74, 6) is 0.878. The van der Waals surface area contributed by atoms with Crippen molar-refractivity contribution in [1.29, 1.82) is 0 Å². The van der Waals surface area contributed by atoms with Crippen LogP contribution in [0.5, 0.6) is 5.75 Å². The number of benzene rings is 1. The highest BCUT2D eigenvalue weighted by Gasteiger charge is 2.03. The summed E-state index contributed by atoms with van der Waals surface area (Å²) in [6, 6.07) is 8.14. The maximum Gasteiger partial charge on any atom is 0.145 e. The van der Waals surface area contributed by atoms with Gasteiger partial charge in [-0.3, -0.25) is 4.98 Å². The lowest BCUT2D eigenvalue weighted by molar-refractivity contribution is 0.343.